The number of nitrogens with one attached hydrogen (secondary N) is 1. The number of fused-ring (bicyclic) bond motifs is 1. The standard InChI is InChI=1S/C15H20N4O2/c20-15-17-13-4-1-5-16-14(13)19(15)12-3-2-6-18(8-12)7-11-9-21-10-11/h1,4-5,11-12H,2-3,6-10H2,(H,17,20). The zero-order chi connectivity index (χ0) is 14.2. The Morgan fingerprint density at radius 3 is 3.14 bits per heavy atom. The van der Waals surface area contributed by atoms with Crippen LogP contribution in [0.4, 0.5) is 0 Å². The number of likely N-dealkylation sites (tertiary alicyclic amines) is 1. The Balaban J connectivity index is 1.59. The summed E-state index contributed by atoms with van der Waals surface area (Å²) < 4.78 is 7.10. The van der Waals surface area contributed by atoms with E-state index in [0.717, 1.165) is 56.9 Å². The van der Waals surface area contributed by atoms with Gasteiger partial charge < -0.3 is 14.6 Å². The first-order valence-corrected chi connectivity index (χ1v) is 7.66. The minimum atomic E-state index is -0.0393. The van der Waals surface area contributed by atoms with Crippen LogP contribution in [-0.4, -0.2) is 52.3 Å². The maximum absolute atomic E-state index is 12.3. The Bertz CT molecular complexity index is 688. The first-order valence-electron chi connectivity index (χ1n) is 7.66. The SMILES string of the molecule is O=c1[nH]c2cccnc2n1C1CCCN(CC2COC2)C1. The predicted molar refractivity (Wildman–Crippen MR) is 79.4 cm³/mol. The summed E-state index contributed by atoms with van der Waals surface area (Å²) in [7, 11) is 0. The Labute approximate surface area is 122 Å². The third-order valence-electron chi connectivity index (χ3n) is 4.54. The topological polar surface area (TPSA) is 63.2 Å². The predicted octanol–water partition coefficient (Wildman–Crippen LogP) is 1.01. The first-order chi connectivity index (χ1) is 10.3. The number of ether oxygens (including phenoxy) is 1. The van der Waals surface area contributed by atoms with Gasteiger partial charge in [-0.05, 0) is 31.5 Å². The van der Waals surface area contributed by atoms with Crippen molar-refractivity contribution in [3.8, 4) is 0 Å². The van der Waals surface area contributed by atoms with E-state index in [4.69, 9.17) is 4.74 Å². The second-order valence-electron chi connectivity index (χ2n) is 6.13. The van der Waals surface area contributed by atoms with Crippen LogP contribution in [0.25, 0.3) is 11.2 Å². The third kappa shape index (κ3) is 2.38. The lowest BCUT2D eigenvalue weighted by molar-refractivity contribution is -0.0502. The van der Waals surface area contributed by atoms with Crippen molar-refractivity contribution < 1.29 is 4.74 Å². The summed E-state index contributed by atoms with van der Waals surface area (Å²) in [6.07, 6.45) is 3.92. The van der Waals surface area contributed by atoms with Gasteiger partial charge in [-0.15, -0.1) is 0 Å². The number of piperidine rings is 1. The number of hydrogen-bond acceptors (Lipinski definition) is 4. The molecule has 6 heteroatoms. The molecule has 0 saturated carbocycles. The molecule has 0 bridgehead atoms. The summed E-state index contributed by atoms with van der Waals surface area (Å²) in [5.74, 6) is 0.668. The van der Waals surface area contributed by atoms with Crippen LogP contribution >= 0.6 is 0 Å². The molecule has 2 aromatic heterocycles. The van der Waals surface area contributed by atoms with Crippen molar-refractivity contribution in [1.82, 2.24) is 19.4 Å². The minimum Gasteiger partial charge on any atom is -0.381 e. The number of aromatic amines is 1. The Morgan fingerprint density at radius 2 is 2.33 bits per heavy atom. The van der Waals surface area contributed by atoms with E-state index in [1.807, 2.05) is 16.7 Å². The van der Waals surface area contributed by atoms with E-state index < -0.39 is 0 Å². The lowest BCUT2D eigenvalue weighted by Gasteiger charge is -2.37. The fraction of sp³-hybridized carbons (Fsp3) is 0.600. The van der Waals surface area contributed by atoms with Gasteiger partial charge in [0.05, 0.1) is 24.8 Å². The molecule has 112 valence electrons. The van der Waals surface area contributed by atoms with Crippen LogP contribution in [0.2, 0.25) is 0 Å². The van der Waals surface area contributed by atoms with Gasteiger partial charge in [-0.1, -0.05) is 0 Å². The molecule has 2 aliphatic rings. The molecule has 2 saturated heterocycles. The van der Waals surface area contributed by atoms with Gasteiger partial charge >= 0.3 is 5.69 Å². The van der Waals surface area contributed by atoms with Crippen molar-refractivity contribution in [3.05, 3.63) is 28.8 Å². The van der Waals surface area contributed by atoms with Crippen molar-refractivity contribution in [2.75, 3.05) is 32.8 Å². The van der Waals surface area contributed by atoms with Gasteiger partial charge in [0.15, 0.2) is 5.65 Å². The van der Waals surface area contributed by atoms with Crippen LogP contribution in [-0.2, 0) is 4.74 Å². The lowest BCUT2D eigenvalue weighted by Crippen LogP contribution is -2.45. The molecule has 2 aliphatic heterocycles. The van der Waals surface area contributed by atoms with Crippen LogP contribution in [0.1, 0.15) is 18.9 Å². The molecule has 1 unspecified atom stereocenters. The number of H-pyrrole nitrogens is 1. The van der Waals surface area contributed by atoms with E-state index in [-0.39, 0.29) is 11.7 Å². The van der Waals surface area contributed by atoms with Crippen LogP contribution in [0.15, 0.2) is 23.1 Å². The minimum absolute atomic E-state index is 0.0393. The molecule has 1 atom stereocenters. The molecule has 0 spiro atoms. The lowest BCUT2D eigenvalue weighted by atomic mass is 10.0. The molecule has 4 rings (SSSR count). The molecule has 2 aromatic rings. The number of imidazole rings is 1. The number of aromatic nitrogens is 3. The van der Waals surface area contributed by atoms with Gasteiger partial charge in [-0.3, -0.25) is 4.57 Å². The summed E-state index contributed by atoms with van der Waals surface area (Å²) in [4.78, 5) is 22.0. The monoisotopic (exact) mass is 288 g/mol. The smallest absolute Gasteiger partial charge is 0.327 e. The van der Waals surface area contributed by atoms with Gasteiger partial charge in [-0.2, -0.15) is 0 Å². The average molecular weight is 288 g/mol. The van der Waals surface area contributed by atoms with Gasteiger partial charge in [0.2, 0.25) is 0 Å². The fourth-order valence-corrected chi connectivity index (χ4v) is 3.46. The van der Waals surface area contributed by atoms with Gasteiger partial charge in [0.25, 0.3) is 0 Å². The van der Waals surface area contributed by atoms with Crippen molar-refractivity contribution in [2.45, 2.75) is 18.9 Å². The van der Waals surface area contributed by atoms with E-state index in [2.05, 4.69) is 14.9 Å². The molecule has 1 N–H and O–H groups in total. The van der Waals surface area contributed by atoms with Crippen molar-refractivity contribution >= 4 is 11.2 Å². The number of nitrogens with zero attached hydrogens (tertiary/aromatic N) is 3. The summed E-state index contributed by atoms with van der Waals surface area (Å²) in [5, 5.41) is 0. The second kappa shape index (κ2) is 5.27. The number of rotatable bonds is 3. The summed E-state index contributed by atoms with van der Waals surface area (Å²) in [6.45, 7) is 4.91. The zero-order valence-electron chi connectivity index (χ0n) is 12.0. The highest BCUT2D eigenvalue weighted by atomic mass is 16.5. The van der Waals surface area contributed by atoms with Gasteiger partial charge in [0.1, 0.15) is 0 Å². The molecule has 0 aromatic carbocycles. The highest BCUT2D eigenvalue weighted by molar-refractivity contribution is 5.70. The molecule has 4 heterocycles. The molecular formula is C15H20N4O2. The quantitative estimate of drug-likeness (QED) is 0.915. The Kier molecular flexibility index (Phi) is 3.27. The van der Waals surface area contributed by atoms with E-state index >= 15 is 0 Å². The molecule has 21 heavy (non-hydrogen) atoms. The van der Waals surface area contributed by atoms with Crippen molar-refractivity contribution in [3.63, 3.8) is 0 Å². The number of hydrogen-bond donors (Lipinski definition) is 1. The van der Waals surface area contributed by atoms with Gasteiger partial charge in [0, 0.05) is 25.2 Å². The molecule has 0 radical (unpaired) electrons. The summed E-state index contributed by atoms with van der Waals surface area (Å²) >= 11 is 0. The van der Waals surface area contributed by atoms with Crippen molar-refractivity contribution in [1.29, 1.82) is 0 Å². The fourth-order valence-electron chi connectivity index (χ4n) is 3.46. The van der Waals surface area contributed by atoms with E-state index in [1.54, 1.807) is 6.20 Å². The molecule has 6 nitrogen and oxygen atoms in total. The maximum Gasteiger partial charge on any atom is 0.327 e. The van der Waals surface area contributed by atoms with Crippen LogP contribution in [0.5, 0.6) is 0 Å². The zero-order valence-corrected chi connectivity index (χ0v) is 12.0. The molecule has 0 aliphatic carbocycles. The Hall–Kier alpha value is -1.66. The molecule has 2 fully saturated rings. The largest absolute Gasteiger partial charge is 0.381 e. The maximum atomic E-state index is 12.3. The van der Waals surface area contributed by atoms with Crippen molar-refractivity contribution in [2.24, 2.45) is 5.92 Å². The molecule has 0 amide bonds. The van der Waals surface area contributed by atoms with Crippen LogP contribution in [0.3, 0.4) is 0 Å². The molecular weight excluding hydrogens is 268 g/mol. The van der Waals surface area contributed by atoms with Gasteiger partial charge in [-0.25, -0.2) is 9.78 Å². The third-order valence-corrected chi connectivity index (χ3v) is 4.54. The van der Waals surface area contributed by atoms with E-state index in [0.29, 0.717) is 5.92 Å². The summed E-state index contributed by atoms with van der Waals surface area (Å²) in [5.41, 5.74) is 1.57. The van der Waals surface area contributed by atoms with E-state index in [1.165, 1.54) is 0 Å². The highest BCUT2D eigenvalue weighted by Gasteiger charge is 2.28. The van der Waals surface area contributed by atoms with E-state index in [9.17, 15) is 4.79 Å². The van der Waals surface area contributed by atoms with Crippen LogP contribution < -0.4 is 5.69 Å². The average Bonchev–Trinajstić information content (AvgIpc) is 2.79. The summed E-state index contributed by atoms with van der Waals surface area (Å²) in [6, 6.07) is 3.98. The first kappa shape index (κ1) is 13.0. The number of pyridine rings is 1. The second-order valence-corrected chi connectivity index (χ2v) is 6.13. The highest BCUT2D eigenvalue weighted by Crippen LogP contribution is 2.24. The van der Waals surface area contributed by atoms with Crippen LogP contribution in [0, 0.1) is 5.92 Å². The normalized spacial score (nSPS) is 24.3. The Morgan fingerprint density at radius 1 is 1.43 bits per heavy atom.